The highest BCUT2D eigenvalue weighted by Gasteiger charge is 2.17. The first-order valence-electron chi connectivity index (χ1n) is 5.84. The maximum Gasteiger partial charge on any atom is 0.305 e. The van der Waals surface area contributed by atoms with Crippen molar-refractivity contribution in [2.45, 2.75) is 57.5 Å². The lowest BCUT2D eigenvalue weighted by Gasteiger charge is -2.11. The summed E-state index contributed by atoms with van der Waals surface area (Å²) >= 11 is 0. The zero-order valence-electron chi connectivity index (χ0n) is 10.1. The predicted molar refractivity (Wildman–Crippen MR) is 58.7 cm³/mol. The van der Waals surface area contributed by atoms with Crippen molar-refractivity contribution in [3.63, 3.8) is 0 Å². The largest absolute Gasteiger partial charge is 0.469 e. The van der Waals surface area contributed by atoms with Gasteiger partial charge in [0.15, 0.2) is 0 Å². The minimum Gasteiger partial charge on any atom is -0.469 e. The molecule has 15 heavy (non-hydrogen) atoms. The Morgan fingerprint density at radius 3 is 2.40 bits per heavy atom. The zero-order chi connectivity index (χ0) is 11.7. The first-order valence-corrected chi connectivity index (χ1v) is 5.84. The molecular formula is C11H26N2O2+2. The van der Waals surface area contributed by atoms with Crippen molar-refractivity contribution in [2.24, 2.45) is 0 Å². The van der Waals surface area contributed by atoms with E-state index >= 15 is 0 Å². The number of quaternary nitrogens is 2. The van der Waals surface area contributed by atoms with E-state index in [2.05, 4.69) is 23.1 Å². The normalized spacial score (nSPS) is 14.7. The van der Waals surface area contributed by atoms with Gasteiger partial charge in [-0.2, -0.15) is 0 Å². The number of methoxy groups -OCH3 is 1. The first-order chi connectivity index (χ1) is 7.11. The van der Waals surface area contributed by atoms with Crippen LogP contribution in [0.4, 0.5) is 0 Å². The highest BCUT2D eigenvalue weighted by atomic mass is 16.5. The standard InChI is InChI=1S/C11H24N2O2/c1-3-9(12)10(13)7-5-4-6-8-11(14)15-2/h9-10H,3-8,12-13H2,1-2H3/p+2. The molecule has 0 fully saturated rings. The second-order valence-electron chi connectivity index (χ2n) is 4.10. The van der Waals surface area contributed by atoms with Crippen LogP contribution in [-0.4, -0.2) is 25.2 Å². The van der Waals surface area contributed by atoms with Crippen molar-refractivity contribution in [2.75, 3.05) is 7.11 Å². The van der Waals surface area contributed by atoms with Crippen molar-refractivity contribution in [3.8, 4) is 0 Å². The Labute approximate surface area is 92.3 Å². The third-order valence-electron chi connectivity index (χ3n) is 2.87. The van der Waals surface area contributed by atoms with E-state index in [-0.39, 0.29) is 5.97 Å². The summed E-state index contributed by atoms with van der Waals surface area (Å²) in [7, 11) is 1.43. The second kappa shape index (κ2) is 8.68. The molecule has 0 heterocycles. The zero-order valence-corrected chi connectivity index (χ0v) is 10.1. The molecule has 0 aliphatic rings. The van der Waals surface area contributed by atoms with Gasteiger partial charge in [-0.05, 0) is 12.8 Å². The fourth-order valence-electron chi connectivity index (χ4n) is 1.52. The highest BCUT2D eigenvalue weighted by Crippen LogP contribution is 2.06. The quantitative estimate of drug-likeness (QED) is 0.435. The van der Waals surface area contributed by atoms with Crippen LogP contribution in [-0.2, 0) is 9.53 Å². The van der Waals surface area contributed by atoms with E-state index in [1.54, 1.807) is 0 Å². The molecule has 0 rings (SSSR count). The lowest BCUT2D eigenvalue weighted by molar-refractivity contribution is -0.530. The molecule has 0 radical (unpaired) electrons. The smallest absolute Gasteiger partial charge is 0.305 e. The third kappa shape index (κ3) is 7.33. The summed E-state index contributed by atoms with van der Waals surface area (Å²) in [4.78, 5) is 10.8. The van der Waals surface area contributed by atoms with E-state index in [4.69, 9.17) is 0 Å². The first kappa shape index (κ1) is 14.4. The van der Waals surface area contributed by atoms with Crippen LogP contribution in [0.15, 0.2) is 0 Å². The van der Waals surface area contributed by atoms with Crippen LogP contribution in [0.3, 0.4) is 0 Å². The van der Waals surface area contributed by atoms with Crippen molar-refractivity contribution in [1.82, 2.24) is 0 Å². The summed E-state index contributed by atoms with van der Waals surface area (Å²) in [6, 6.07) is 0.915. The number of unbranched alkanes of at least 4 members (excludes halogenated alkanes) is 2. The molecular weight excluding hydrogens is 192 g/mol. The van der Waals surface area contributed by atoms with Gasteiger partial charge in [0.05, 0.1) is 7.11 Å². The van der Waals surface area contributed by atoms with Gasteiger partial charge in [-0.25, -0.2) is 0 Å². The lowest BCUT2D eigenvalue weighted by Crippen LogP contribution is -2.79. The van der Waals surface area contributed by atoms with Gasteiger partial charge in [-0.3, -0.25) is 4.79 Å². The van der Waals surface area contributed by atoms with Crippen LogP contribution in [0, 0.1) is 0 Å². The van der Waals surface area contributed by atoms with Crippen LogP contribution in [0.25, 0.3) is 0 Å². The van der Waals surface area contributed by atoms with Gasteiger partial charge in [-0.15, -0.1) is 0 Å². The van der Waals surface area contributed by atoms with E-state index in [1.807, 2.05) is 0 Å². The molecule has 0 aliphatic carbocycles. The lowest BCUT2D eigenvalue weighted by atomic mass is 10.0. The topological polar surface area (TPSA) is 81.6 Å². The number of hydrogen-bond donors (Lipinski definition) is 2. The molecule has 0 spiro atoms. The maximum absolute atomic E-state index is 10.8. The SMILES string of the molecule is CCC([NH3+])C([NH3+])CCCCCC(=O)OC. The van der Waals surface area contributed by atoms with Gasteiger partial charge in [0, 0.05) is 19.3 Å². The van der Waals surface area contributed by atoms with Gasteiger partial charge in [0.1, 0.15) is 12.1 Å². The number of ether oxygens (including phenoxy) is 1. The van der Waals surface area contributed by atoms with E-state index in [0.29, 0.717) is 18.5 Å². The number of rotatable bonds is 8. The van der Waals surface area contributed by atoms with Gasteiger partial charge in [0.25, 0.3) is 0 Å². The van der Waals surface area contributed by atoms with Gasteiger partial charge in [-0.1, -0.05) is 13.3 Å². The van der Waals surface area contributed by atoms with Crippen LogP contribution in [0.2, 0.25) is 0 Å². The predicted octanol–water partition coefficient (Wildman–Crippen LogP) is -0.259. The Hall–Kier alpha value is -0.610. The van der Waals surface area contributed by atoms with Gasteiger partial charge < -0.3 is 16.2 Å². The molecule has 0 saturated carbocycles. The van der Waals surface area contributed by atoms with Crippen LogP contribution in [0.1, 0.15) is 45.4 Å². The fourth-order valence-corrected chi connectivity index (χ4v) is 1.52. The molecule has 0 bridgehead atoms. The van der Waals surface area contributed by atoms with E-state index in [0.717, 1.165) is 32.1 Å². The molecule has 4 heteroatoms. The molecule has 0 aromatic carbocycles. The van der Waals surface area contributed by atoms with Crippen LogP contribution in [0.5, 0.6) is 0 Å². The molecule has 0 aliphatic heterocycles. The Kier molecular flexibility index (Phi) is 8.33. The number of hydrogen-bond acceptors (Lipinski definition) is 2. The highest BCUT2D eigenvalue weighted by molar-refractivity contribution is 5.68. The number of esters is 1. The monoisotopic (exact) mass is 218 g/mol. The molecule has 0 saturated heterocycles. The van der Waals surface area contributed by atoms with Crippen molar-refractivity contribution in [1.29, 1.82) is 0 Å². The van der Waals surface area contributed by atoms with E-state index in [9.17, 15) is 4.79 Å². The average Bonchev–Trinajstić information content (AvgIpc) is 2.26. The molecule has 6 N–H and O–H groups in total. The van der Waals surface area contributed by atoms with E-state index < -0.39 is 0 Å². The summed E-state index contributed by atoms with van der Waals surface area (Å²) in [6.45, 7) is 2.15. The molecule has 2 atom stereocenters. The maximum atomic E-state index is 10.8. The molecule has 0 aromatic heterocycles. The molecule has 4 nitrogen and oxygen atoms in total. The molecule has 90 valence electrons. The van der Waals surface area contributed by atoms with Crippen molar-refractivity contribution >= 4 is 5.97 Å². The van der Waals surface area contributed by atoms with E-state index in [1.165, 1.54) is 7.11 Å². The number of carbonyl (C=O) groups is 1. The molecule has 0 aromatic rings. The Balaban J connectivity index is 3.34. The van der Waals surface area contributed by atoms with Crippen molar-refractivity contribution in [3.05, 3.63) is 0 Å². The number of carbonyl (C=O) groups excluding carboxylic acids is 1. The third-order valence-corrected chi connectivity index (χ3v) is 2.87. The van der Waals surface area contributed by atoms with Gasteiger partial charge >= 0.3 is 5.97 Å². The van der Waals surface area contributed by atoms with Gasteiger partial charge in [0.2, 0.25) is 0 Å². The molecule has 0 amide bonds. The van der Waals surface area contributed by atoms with Crippen LogP contribution >= 0.6 is 0 Å². The fraction of sp³-hybridized carbons (Fsp3) is 0.909. The Morgan fingerprint density at radius 2 is 1.87 bits per heavy atom. The molecule has 2 unspecified atom stereocenters. The minimum absolute atomic E-state index is 0.107. The Bertz CT molecular complexity index is 174. The summed E-state index contributed by atoms with van der Waals surface area (Å²) in [5.74, 6) is -0.107. The summed E-state index contributed by atoms with van der Waals surface area (Å²) in [5.41, 5.74) is 8.16. The van der Waals surface area contributed by atoms with Crippen molar-refractivity contribution < 1.29 is 21.0 Å². The summed E-state index contributed by atoms with van der Waals surface area (Å²) < 4.78 is 4.57. The van der Waals surface area contributed by atoms with Crippen LogP contribution < -0.4 is 11.5 Å². The average molecular weight is 218 g/mol. The summed E-state index contributed by atoms with van der Waals surface area (Å²) in [5, 5.41) is 0. The minimum atomic E-state index is -0.107. The second-order valence-corrected chi connectivity index (χ2v) is 4.10. The summed E-state index contributed by atoms with van der Waals surface area (Å²) in [6.07, 6.45) is 5.89. The Morgan fingerprint density at radius 1 is 1.20 bits per heavy atom.